The highest BCUT2D eigenvalue weighted by Gasteiger charge is 2.47. The molecule has 1 rings (SSSR count). The van der Waals surface area contributed by atoms with Crippen molar-refractivity contribution in [2.75, 3.05) is 6.61 Å². The van der Waals surface area contributed by atoms with Gasteiger partial charge < -0.3 is 9.84 Å². The Morgan fingerprint density at radius 1 is 2.00 bits per heavy atom. The normalized spacial score (nSPS) is 49.1. The largest absolute Gasteiger partial charge is 0.393 e. The molecule has 0 amide bonds. The molecule has 1 fully saturated rings. The maximum absolute atomic E-state index is 8.51. The Morgan fingerprint density at radius 2 is 2.43 bits per heavy atom. The second kappa shape index (κ2) is 1.23. The highest BCUT2D eigenvalue weighted by molar-refractivity contribution is 6.13. The Bertz CT molecular complexity index is 81.8. The van der Waals surface area contributed by atoms with Crippen LogP contribution in [-0.4, -0.2) is 31.2 Å². The fraction of sp³-hybridized carbons (Fsp3) is 1.00. The molecular weight excluding hydrogens is 90.9 g/mol. The summed E-state index contributed by atoms with van der Waals surface area (Å²) in [7, 11) is 1.95. The van der Waals surface area contributed by atoms with Gasteiger partial charge in [0, 0.05) is 0 Å². The van der Waals surface area contributed by atoms with Gasteiger partial charge >= 0.3 is 0 Å². The average Bonchev–Trinajstić information content (AvgIpc) is 2.18. The summed E-state index contributed by atoms with van der Waals surface area (Å²) in [6.07, 6.45) is 0. The quantitative estimate of drug-likeness (QED) is 0.329. The van der Waals surface area contributed by atoms with Crippen LogP contribution in [0.1, 0.15) is 6.92 Å². The molecule has 2 nitrogen and oxygen atoms in total. The van der Waals surface area contributed by atoms with E-state index in [-0.39, 0.29) is 18.2 Å². The summed E-state index contributed by atoms with van der Waals surface area (Å²) in [6, 6.07) is 0.262. The van der Waals surface area contributed by atoms with Gasteiger partial charge in [-0.05, 0) is 6.92 Å². The van der Waals surface area contributed by atoms with E-state index in [1.54, 1.807) is 0 Å². The minimum atomic E-state index is -0.194. The van der Waals surface area contributed by atoms with Crippen LogP contribution in [0.3, 0.4) is 0 Å². The van der Waals surface area contributed by atoms with Gasteiger partial charge in [0.15, 0.2) is 0 Å². The van der Waals surface area contributed by atoms with Crippen LogP contribution in [0.2, 0.25) is 0 Å². The third-order valence-corrected chi connectivity index (χ3v) is 1.56. The van der Waals surface area contributed by atoms with Crippen LogP contribution in [-0.2, 0) is 4.74 Å². The topological polar surface area (TPSA) is 32.8 Å². The van der Waals surface area contributed by atoms with E-state index in [2.05, 4.69) is 0 Å². The zero-order valence-electron chi connectivity index (χ0n) is 4.64. The van der Waals surface area contributed by atoms with E-state index in [4.69, 9.17) is 9.84 Å². The summed E-state index contributed by atoms with van der Waals surface area (Å²) >= 11 is 0. The second-order valence-electron chi connectivity index (χ2n) is 2.23. The average molecular weight is 99.9 g/mol. The van der Waals surface area contributed by atoms with Gasteiger partial charge in [0.1, 0.15) is 13.4 Å². The van der Waals surface area contributed by atoms with Crippen molar-refractivity contribution in [2.45, 2.75) is 18.5 Å². The summed E-state index contributed by atoms with van der Waals surface area (Å²) in [4.78, 5) is 0. The number of aliphatic hydroxyl groups is 1. The lowest BCUT2D eigenvalue weighted by atomic mass is 9.94. The standard InChI is InChI=1S/C4H9BO2/c1-4(2-6)3(5)7-4/h3,6H,2,5H2,1H3. The zero-order chi connectivity index (χ0) is 5.49. The number of rotatable bonds is 1. The van der Waals surface area contributed by atoms with E-state index in [9.17, 15) is 0 Å². The molecule has 7 heavy (non-hydrogen) atoms. The Labute approximate surface area is 43.9 Å². The first-order valence-electron chi connectivity index (χ1n) is 2.48. The Balaban J connectivity index is 2.36. The van der Waals surface area contributed by atoms with Gasteiger partial charge in [0.25, 0.3) is 0 Å². The molecule has 40 valence electrons. The monoisotopic (exact) mass is 100 g/mol. The summed E-state index contributed by atoms with van der Waals surface area (Å²) in [5.41, 5.74) is -0.194. The summed E-state index contributed by atoms with van der Waals surface area (Å²) in [5.74, 6) is 0. The van der Waals surface area contributed by atoms with Gasteiger partial charge in [-0.2, -0.15) is 0 Å². The highest BCUT2D eigenvalue weighted by Crippen LogP contribution is 2.31. The molecule has 0 aromatic heterocycles. The highest BCUT2D eigenvalue weighted by atomic mass is 16.6. The van der Waals surface area contributed by atoms with Crippen LogP contribution < -0.4 is 0 Å². The molecule has 0 aliphatic carbocycles. The fourth-order valence-electron chi connectivity index (χ4n) is 0.536. The van der Waals surface area contributed by atoms with Crippen molar-refractivity contribution in [3.63, 3.8) is 0 Å². The van der Waals surface area contributed by atoms with Crippen molar-refractivity contribution >= 4 is 7.85 Å². The molecule has 1 N–H and O–H groups in total. The van der Waals surface area contributed by atoms with Crippen molar-refractivity contribution < 1.29 is 9.84 Å². The number of hydrogen-bond acceptors (Lipinski definition) is 2. The maximum Gasteiger partial charge on any atom is 0.143 e. The molecule has 1 heterocycles. The van der Waals surface area contributed by atoms with Gasteiger partial charge in [0.2, 0.25) is 0 Å². The third-order valence-electron chi connectivity index (χ3n) is 1.56. The minimum absolute atomic E-state index is 0.147. The van der Waals surface area contributed by atoms with Crippen molar-refractivity contribution in [3.05, 3.63) is 0 Å². The van der Waals surface area contributed by atoms with E-state index in [1.165, 1.54) is 0 Å². The molecule has 0 radical (unpaired) electrons. The molecule has 0 bridgehead atoms. The lowest BCUT2D eigenvalue weighted by Gasteiger charge is -1.94. The Kier molecular flexibility index (Phi) is 0.903. The van der Waals surface area contributed by atoms with E-state index in [1.807, 2.05) is 14.8 Å². The lowest BCUT2D eigenvalue weighted by Crippen LogP contribution is -2.14. The molecule has 1 aliphatic rings. The third kappa shape index (κ3) is 0.662. The van der Waals surface area contributed by atoms with Crippen LogP contribution in [0.4, 0.5) is 0 Å². The molecule has 0 spiro atoms. The zero-order valence-corrected chi connectivity index (χ0v) is 4.64. The maximum atomic E-state index is 8.51. The van der Waals surface area contributed by atoms with E-state index in [0.29, 0.717) is 0 Å². The lowest BCUT2D eigenvalue weighted by molar-refractivity contribution is 0.185. The summed E-state index contributed by atoms with van der Waals surface area (Å²) in [5, 5.41) is 8.51. The first-order chi connectivity index (χ1) is 3.19. The van der Waals surface area contributed by atoms with E-state index in [0.717, 1.165) is 0 Å². The number of aliphatic hydroxyl groups excluding tert-OH is 1. The van der Waals surface area contributed by atoms with E-state index < -0.39 is 0 Å². The summed E-state index contributed by atoms with van der Waals surface area (Å²) < 4.78 is 5.00. The van der Waals surface area contributed by atoms with Crippen LogP contribution in [0, 0.1) is 0 Å². The van der Waals surface area contributed by atoms with Gasteiger partial charge in [-0.25, -0.2) is 0 Å². The van der Waals surface area contributed by atoms with Gasteiger partial charge in [-0.3, -0.25) is 0 Å². The predicted molar refractivity (Wildman–Crippen MR) is 28.9 cm³/mol. The SMILES string of the molecule is BC1OC1(C)CO. The molecule has 1 saturated heterocycles. The molecule has 1 aliphatic heterocycles. The molecule has 2 atom stereocenters. The second-order valence-corrected chi connectivity index (χ2v) is 2.23. The van der Waals surface area contributed by atoms with Crippen molar-refractivity contribution in [1.82, 2.24) is 0 Å². The molecular formula is C4H9BO2. The van der Waals surface area contributed by atoms with Crippen molar-refractivity contribution in [2.24, 2.45) is 0 Å². The smallest absolute Gasteiger partial charge is 0.143 e. The van der Waals surface area contributed by atoms with Gasteiger partial charge in [-0.1, -0.05) is 0 Å². The Hall–Kier alpha value is -0.0151. The van der Waals surface area contributed by atoms with Crippen molar-refractivity contribution in [3.8, 4) is 0 Å². The molecule has 0 saturated carbocycles. The van der Waals surface area contributed by atoms with Crippen LogP contribution in [0.25, 0.3) is 0 Å². The van der Waals surface area contributed by atoms with Gasteiger partial charge in [0.05, 0.1) is 12.6 Å². The van der Waals surface area contributed by atoms with Crippen LogP contribution >= 0.6 is 0 Å². The number of ether oxygens (including phenoxy) is 1. The van der Waals surface area contributed by atoms with Crippen LogP contribution in [0.15, 0.2) is 0 Å². The predicted octanol–water partition coefficient (Wildman–Crippen LogP) is -1.27. The molecule has 0 aromatic rings. The fourth-order valence-corrected chi connectivity index (χ4v) is 0.536. The van der Waals surface area contributed by atoms with Gasteiger partial charge in [-0.15, -0.1) is 0 Å². The molecule has 2 unspecified atom stereocenters. The molecule has 0 aromatic carbocycles. The Morgan fingerprint density at radius 3 is 2.43 bits per heavy atom. The first-order valence-corrected chi connectivity index (χ1v) is 2.48. The number of hydrogen-bond donors (Lipinski definition) is 1. The first kappa shape index (κ1) is 5.13. The van der Waals surface area contributed by atoms with Crippen LogP contribution in [0.5, 0.6) is 0 Å². The molecule has 3 heteroatoms. The number of epoxide rings is 1. The van der Waals surface area contributed by atoms with Crippen molar-refractivity contribution in [1.29, 1.82) is 0 Å². The minimum Gasteiger partial charge on any atom is -0.393 e. The van der Waals surface area contributed by atoms with E-state index >= 15 is 0 Å². The summed E-state index contributed by atoms with van der Waals surface area (Å²) in [6.45, 7) is 2.05.